The van der Waals surface area contributed by atoms with Crippen LogP contribution >= 0.6 is 0 Å². The number of rotatable bonds is 6. The first-order valence-electron chi connectivity index (χ1n) is 7.05. The summed E-state index contributed by atoms with van der Waals surface area (Å²) in [4.78, 5) is 25.3. The minimum Gasteiger partial charge on any atom is -0.397 e. The first-order valence-corrected chi connectivity index (χ1v) is 7.05. The Morgan fingerprint density at radius 3 is 2.48 bits per heavy atom. The van der Waals surface area contributed by atoms with Crippen LogP contribution < -0.4 is 21.3 Å². The highest BCUT2D eigenvalue weighted by Gasteiger charge is 2.14. The van der Waals surface area contributed by atoms with Crippen LogP contribution in [0.2, 0.25) is 0 Å². The van der Waals surface area contributed by atoms with Crippen molar-refractivity contribution in [1.29, 1.82) is 0 Å². The molecule has 0 radical (unpaired) electrons. The van der Waals surface area contributed by atoms with Crippen molar-refractivity contribution < 1.29 is 9.59 Å². The number of nitrogens with two attached hydrogens (primary N) is 1. The van der Waals surface area contributed by atoms with Gasteiger partial charge in [-0.15, -0.1) is 0 Å². The van der Waals surface area contributed by atoms with Gasteiger partial charge >= 0.3 is 0 Å². The lowest BCUT2D eigenvalue weighted by Crippen LogP contribution is -2.40. The van der Waals surface area contributed by atoms with Gasteiger partial charge in [0.1, 0.15) is 0 Å². The molecule has 0 aliphatic carbocycles. The van der Waals surface area contributed by atoms with E-state index >= 15 is 0 Å². The monoisotopic (exact) mass is 292 g/mol. The smallest absolute Gasteiger partial charge is 0.251 e. The van der Waals surface area contributed by atoms with E-state index in [4.69, 9.17) is 5.73 Å². The Morgan fingerprint density at radius 1 is 1.33 bits per heavy atom. The van der Waals surface area contributed by atoms with Gasteiger partial charge in [-0.25, -0.2) is 0 Å². The lowest BCUT2D eigenvalue weighted by atomic mass is 10.1. The van der Waals surface area contributed by atoms with Crippen molar-refractivity contribution in [3.05, 3.63) is 23.8 Å². The number of nitrogen functional groups attached to an aromatic ring is 1. The van der Waals surface area contributed by atoms with Crippen molar-refractivity contribution in [2.24, 2.45) is 0 Å². The molecule has 0 atom stereocenters. The fourth-order valence-electron chi connectivity index (χ4n) is 2.04. The lowest BCUT2D eigenvalue weighted by Gasteiger charge is -2.24. The topological polar surface area (TPSA) is 87.5 Å². The maximum atomic E-state index is 11.9. The zero-order chi connectivity index (χ0) is 16.0. The minimum atomic E-state index is -0.186. The number of nitrogens with one attached hydrogen (secondary N) is 2. The van der Waals surface area contributed by atoms with Crippen LogP contribution in [0.4, 0.5) is 11.4 Å². The van der Waals surface area contributed by atoms with Gasteiger partial charge in [-0.2, -0.15) is 0 Å². The quantitative estimate of drug-likeness (QED) is 0.682. The molecule has 1 aromatic carbocycles. The number of likely N-dealkylation sites (N-methyl/N-ethyl adjacent to an activating group) is 1. The molecule has 0 unspecified atom stereocenters. The summed E-state index contributed by atoms with van der Waals surface area (Å²) in [5.41, 5.74) is 7.75. The summed E-state index contributed by atoms with van der Waals surface area (Å²) in [5.74, 6) is -0.240. The van der Waals surface area contributed by atoms with Gasteiger partial charge in [-0.1, -0.05) is 0 Å². The molecule has 6 nitrogen and oxygen atoms in total. The number of hydrogen-bond donors (Lipinski definition) is 3. The molecular formula is C15H24N4O2. The van der Waals surface area contributed by atoms with Gasteiger partial charge < -0.3 is 21.3 Å². The Hall–Kier alpha value is -2.24. The van der Waals surface area contributed by atoms with E-state index in [9.17, 15) is 9.59 Å². The van der Waals surface area contributed by atoms with E-state index in [0.717, 1.165) is 5.69 Å². The third-order valence-electron chi connectivity index (χ3n) is 3.02. The van der Waals surface area contributed by atoms with Crippen LogP contribution in [-0.2, 0) is 4.79 Å². The molecule has 1 aromatic rings. The summed E-state index contributed by atoms with van der Waals surface area (Å²) in [7, 11) is 1.57. The average molecular weight is 292 g/mol. The molecule has 0 saturated carbocycles. The van der Waals surface area contributed by atoms with Crippen molar-refractivity contribution in [2.75, 3.05) is 30.8 Å². The molecule has 0 aliphatic heterocycles. The SMILES string of the molecule is CCN(CC(=O)NC(C)C)c1ccc(C(=O)NC)cc1N. The fourth-order valence-corrected chi connectivity index (χ4v) is 2.04. The van der Waals surface area contributed by atoms with Crippen LogP contribution in [0, 0.1) is 0 Å². The number of carbonyl (C=O) groups is 2. The number of amides is 2. The Labute approximate surface area is 125 Å². The van der Waals surface area contributed by atoms with Gasteiger partial charge in [0, 0.05) is 25.2 Å². The zero-order valence-electron chi connectivity index (χ0n) is 13.1. The molecule has 6 heteroatoms. The van der Waals surface area contributed by atoms with Gasteiger partial charge in [-0.3, -0.25) is 9.59 Å². The number of nitrogens with zero attached hydrogens (tertiary/aromatic N) is 1. The predicted octanol–water partition coefficient (Wildman–Crippen LogP) is 0.979. The lowest BCUT2D eigenvalue weighted by molar-refractivity contribution is -0.120. The Bertz CT molecular complexity index is 514. The molecule has 0 heterocycles. The van der Waals surface area contributed by atoms with Crippen LogP contribution in [0.5, 0.6) is 0 Å². The van der Waals surface area contributed by atoms with Crippen molar-refractivity contribution in [3.8, 4) is 0 Å². The molecule has 1 rings (SSSR count). The highest BCUT2D eigenvalue weighted by molar-refractivity contribution is 5.96. The second-order valence-corrected chi connectivity index (χ2v) is 5.09. The summed E-state index contributed by atoms with van der Waals surface area (Å²) in [6, 6.07) is 5.20. The Kier molecular flexibility index (Phi) is 6.02. The first kappa shape index (κ1) is 16.8. The molecule has 0 bridgehead atoms. The molecule has 116 valence electrons. The molecule has 21 heavy (non-hydrogen) atoms. The number of hydrogen-bond acceptors (Lipinski definition) is 4. The van der Waals surface area contributed by atoms with Crippen molar-refractivity contribution in [3.63, 3.8) is 0 Å². The highest BCUT2D eigenvalue weighted by Crippen LogP contribution is 2.24. The van der Waals surface area contributed by atoms with E-state index in [0.29, 0.717) is 17.8 Å². The first-order chi connectivity index (χ1) is 9.88. The van der Waals surface area contributed by atoms with Gasteiger partial charge in [0.2, 0.25) is 5.91 Å². The summed E-state index contributed by atoms with van der Waals surface area (Å²) < 4.78 is 0. The van der Waals surface area contributed by atoms with Crippen molar-refractivity contribution in [1.82, 2.24) is 10.6 Å². The molecule has 0 spiro atoms. The number of carbonyl (C=O) groups excluding carboxylic acids is 2. The molecule has 0 fully saturated rings. The Morgan fingerprint density at radius 2 is 2.00 bits per heavy atom. The van der Waals surface area contributed by atoms with E-state index in [1.807, 2.05) is 25.7 Å². The standard InChI is InChI=1S/C15H24N4O2/c1-5-19(9-14(20)18-10(2)3)13-7-6-11(8-12(13)16)15(21)17-4/h6-8,10H,5,9,16H2,1-4H3,(H,17,21)(H,18,20). The summed E-state index contributed by atoms with van der Waals surface area (Å²) >= 11 is 0. The Balaban J connectivity index is 2.91. The largest absolute Gasteiger partial charge is 0.397 e. The second-order valence-electron chi connectivity index (χ2n) is 5.09. The maximum absolute atomic E-state index is 11.9. The highest BCUT2D eigenvalue weighted by atomic mass is 16.2. The molecule has 0 saturated heterocycles. The molecule has 0 aromatic heterocycles. The van der Waals surface area contributed by atoms with Gasteiger partial charge in [-0.05, 0) is 39.0 Å². The summed E-state index contributed by atoms with van der Waals surface area (Å²) in [6.45, 7) is 6.67. The van der Waals surface area contributed by atoms with Gasteiger partial charge in [0.15, 0.2) is 0 Å². The van der Waals surface area contributed by atoms with Gasteiger partial charge in [0.05, 0.1) is 17.9 Å². The van der Waals surface area contributed by atoms with E-state index in [1.165, 1.54) is 0 Å². The molecule has 0 aliphatic rings. The van der Waals surface area contributed by atoms with E-state index < -0.39 is 0 Å². The molecule has 4 N–H and O–H groups in total. The minimum absolute atomic E-state index is 0.0540. The van der Waals surface area contributed by atoms with Crippen LogP contribution in [0.25, 0.3) is 0 Å². The van der Waals surface area contributed by atoms with E-state index in [2.05, 4.69) is 10.6 Å². The van der Waals surface area contributed by atoms with E-state index in [-0.39, 0.29) is 24.4 Å². The second kappa shape index (κ2) is 7.52. The zero-order valence-corrected chi connectivity index (χ0v) is 13.1. The molecule has 2 amide bonds. The van der Waals surface area contributed by atoms with E-state index in [1.54, 1.807) is 25.2 Å². The van der Waals surface area contributed by atoms with Crippen LogP contribution in [0.1, 0.15) is 31.1 Å². The summed E-state index contributed by atoms with van der Waals surface area (Å²) in [6.07, 6.45) is 0. The molecular weight excluding hydrogens is 268 g/mol. The fraction of sp³-hybridized carbons (Fsp3) is 0.467. The predicted molar refractivity (Wildman–Crippen MR) is 85.4 cm³/mol. The van der Waals surface area contributed by atoms with Crippen LogP contribution in [0.3, 0.4) is 0 Å². The maximum Gasteiger partial charge on any atom is 0.251 e. The summed E-state index contributed by atoms with van der Waals surface area (Å²) in [5, 5.41) is 5.40. The third kappa shape index (κ3) is 4.66. The normalized spacial score (nSPS) is 10.3. The van der Waals surface area contributed by atoms with Crippen molar-refractivity contribution >= 4 is 23.2 Å². The average Bonchev–Trinajstić information content (AvgIpc) is 2.43. The van der Waals surface area contributed by atoms with Crippen LogP contribution in [-0.4, -0.2) is 38.0 Å². The van der Waals surface area contributed by atoms with Crippen LogP contribution in [0.15, 0.2) is 18.2 Å². The third-order valence-corrected chi connectivity index (χ3v) is 3.02. The van der Waals surface area contributed by atoms with Crippen molar-refractivity contribution in [2.45, 2.75) is 26.8 Å². The number of benzene rings is 1. The van der Waals surface area contributed by atoms with Gasteiger partial charge in [0.25, 0.3) is 5.91 Å². The number of anilines is 2.